The molecule has 2 rings (SSSR count). The highest BCUT2D eigenvalue weighted by molar-refractivity contribution is 8.01. The zero-order valence-corrected chi connectivity index (χ0v) is 12.9. The van der Waals surface area contributed by atoms with Crippen molar-refractivity contribution in [3.05, 3.63) is 35.9 Å². The standard InChI is InChI=1S/C13H16N4OS2/c1-9(10-6-4-3-5-7-10)15-11(18)8-19-13-17-16-12(14-2)20-13/h3-7,9H,8H2,1-2H3,(H,14,16)(H,15,18)/t9-/m0/s1. The van der Waals surface area contributed by atoms with Gasteiger partial charge in [0.05, 0.1) is 11.8 Å². The van der Waals surface area contributed by atoms with E-state index in [0.717, 1.165) is 15.0 Å². The summed E-state index contributed by atoms with van der Waals surface area (Å²) < 4.78 is 0.789. The van der Waals surface area contributed by atoms with Crippen LogP contribution in [0, 0.1) is 0 Å². The highest BCUT2D eigenvalue weighted by Crippen LogP contribution is 2.24. The molecule has 1 atom stereocenters. The summed E-state index contributed by atoms with van der Waals surface area (Å²) in [6.45, 7) is 1.97. The largest absolute Gasteiger partial charge is 0.363 e. The van der Waals surface area contributed by atoms with Crippen molar-refractivity contribution >= 4 is 34.1 Å². The Morgan fingerprint density at radius 2 is 2.10 bits per heavy atom. The van der Waals surface area contributed by atoms with Crippen LogP contribution in [-0.2, 0) is 4.79 Å². The molecule has 106 valence electrons. The van der Waals surface area contributed by atoms with Gasteiger partial charge in [-0.15, -0.1) is 10.2 Å². The summed E-state index contributed by atoms with van der Waals surface area (Å²) >= 11 is 2.83. The first-order chi connectivity index (χ1) is 9.69. The highest BCUT2D eigenvalue weighted by atomic mass is 32.2. The Kier molecular flexibility index (Phi) is 5.37. The summed E-state index contributed by atoms with van der Waals surface area (Å²) in [4.78, 5) is 11.9. The fourth-order valence-electron chi connectivity index (χ4n) is 1.60. The van der Waals surface area contributed by atoms with Gasteiger partial charge in [0.25, 0.3) is 0 Å². The number of nitrogens with one attached hydrogen (secondary N) is 2. The zero-order valence-electron chi connectivity index (χ0n) is 11.3. The van der Waals surface area contributed by atoms with Crippen molar-refractivity contribution in [2.45, 2.75) is 17.3 Å². The van der Waals surface area contributed by atoms with E-state index < -0.39 is 0 Å². The molecule has 0 saturated heterocycles. The summed E-state index contributed by atoms with van der Waals surface area (Å²) in [5.74, 6) is 0.336. The van der Waals surface area contributed by atoms with Gasteiger partial charge in [-0.2, -0.15) is 0 Å². The molecule has 20 heavy (non-hydrogen) atoms. The summed E-state index contributed by atoms with van der Waals surface area (Å²) in [5.41, 5.74) is 1.10. The number of nitrogens with zero attached hydrogens (tertiary/aromatic N) is 2. The molecule has 0 radical (unpaired) electrons. The fraction of sp³-hybridized carbons (Fsp3) is 0.308. The maximum atomic E-state index is 11.9. The number of rotatable bonds is 6. The van der Waals surface area contributed by atoms with E-state index in [2.05, 4.69) is 20.8 Å². The molecule has 0 saturated carbocycles. The second-order valence-corrected chi connectivity index (χ2v) is 6.31. The first-order valence-corrected chi connectivity index (χ1v) is 7.97. The average Bonchev–Trinajstić information content (AvgIpc) is 2.94. The van der Waals surface area contributed by atoms with Crippen molar-refractivity contribution < 1.29 is 4.79 Å². The quantitative estimate of drug-likeness (QED) is 0.803. The van der Waals surface area contributed by atoms with Crippen LogP contribution in [0.15, 0.2) is 34.7 Å². The van der Waals surface area contributed by atoms with Crippen molar-refractivity contribution in [2.75, 3.05) is 18.1 Å². The van der Waals surface area contributed by atoms with E-state index in [9.17, 15) is 4.79 Å². The van der Waals surface area contributed by atoms with Crippen molar-refractivity contribution in [1.82, 2.24) is 15.5 Å². The number of hydrogen-bond acceptors (Lipinski definition) is 6. The lowest BCUT2D eigenvalue weighted by Crippen LogP contribution is -2.28. The van der Waals surface area contributed by atoms with Gasteiger partial charge in [0.1, 0.15) is 0 Å². The third kappa shape index (κ3) is 4.21. The number of carbonyl (C=O) groups is 1. The van der Waals surface area contributed by atoms with Crippen molar-refractivity contribution in [1.29, 1.82) is 0 Å². The van der Waals surface area contributed by atoms with Crippen LogP contribution in [0.4, 0.5) is 5.13 Å². The van der Waals surface area contributed by atoms with Gasteiger partial charge in [-0.1, -0.05) is 53.4 Å². The Morgan fingerprint density at radius 1 is 1.35 bits per heavy atom. The maximum Gasteiger partial charge on any atom is 0.230 e. The molecule has 0 aliphatic carbocycles. The highest BCUT2D eigenvalue weighted by Gasteiger charge is 2.11. The number of amides is 1. The molecule has 0 unspecified atom stereocenters. The Balaban J connectivity index is 1.80. The Hall–Kier alpha value is -1.60. The summed E-state index contributed by atoms with van der Waals surface area (Å²) in [6, 6.07) is 9.90. The zero-order chi connectivity index (χ0) is 14.4. The number of hydrogen-bond donors (Lipinski definition) is 2. The van der Waals surface area contributed by atoms with Crippen LogP contribution in [0.25, 0.3) is 0 Å². The Labute approximate surface area is 126 Å². The lowest BCUT2D eigenvalue weighted by atomic mass is 10.1. The van der Waals surface area contributed by atoms with Gasteiger partial charge in [-0.05, 0) is 12.5 Å². The minimum absolute atomic E-state index is 0.00610. The number of aromatic nitrogens is 2. The van der Waals surface area contributed by atoms with E-state index in [-0.39, 0.29) is 11.9 Å². The van der Waals surface area contributed by atoms with Crippen LogP contribution in [0.1, 0.15) is 18.5 Å². The minimum Gasteiger partial charge on any atom is -0.363 e. The SMILES string of the molecule is CNc1nnc(SCC(=O)N[C@@H](C)c2ccccc2)s1. The summed E-state index contributed by atoms with van der Waals surface area (Å²) in [6.07, 6.45) is 0. The van der Waals surface area contributed by atoms with Gasteiger partial charge in [0, 0.05) is 7.05 Å². The lowest BCUT2D eigenvalue weighted by Gasteiger charge is -2.13. The first kappa shape index (κ1) is 14.8. The summed E-state index contributed by atoms with van der Waals surface area (Å²) in [7, 11) is 1.79. The van der Waals surface area contributed by atoms with Gasteiger partial charge >= 0.3 is 0 Å². The molecular formula is C13H16N4OS2. The van der Waals surface area contributed by atoms with Crippen molar-refractivity contribution in [3.8, 4) is 0 Å². The van der Waals surface area contributed by atoms with Gasteiger partial charge in [-0.3, -0.25) is 4.79 Å². The molecule has 1 aromatic carbocycles. The van der Waals surface area contributed by atoms with Gasteiger partial charge in [-0.25, -0.2) is 0 Å². The Bertz CT molecular complexity index is 559. The molecule has 1 aromatic heterocycles. The lowest BCUT2D eigenvalue weighted by molar-refractivity contribution is -0.119. The molecule has 7 heteroatoms. The molecule has 2 aromatic rings. The third-order valence-corrected chi connectivity index (χ3v) is 4.70. The normalized spacial score (nSPS) is 11.9. The minimum atomic E-state index is -0.00689. The first-order valence-electron chi connectivity index (χ1n) is 6.17. The van der Waals surface area contributed by atoms with Gasteiger partial charge in [0.2, 0.25) is 11.0 Å². The van der Waals surface area contributed by atoms with E-state index in [4.69, 9.17) is 0 Å². The molecular weight excluding hydrogens is 292 g/mol. The maximum absolute atomic E-state index is 11.9. The van der Waals surface area contributed by atoms with Crippen LogP contribution in [0.2, 0.25) is 0 Å². The predicted octanol–water partition coefficient (Wildman–Crippen LogP) is 2.55. The van der Waals surface area contributed by atoms with Gasteiger partial charge in [0.15, 0.2) is 4.34 Å². The molecule has 1 amide bonds. The second kappa shape index (κ2) is 7.25. The smallest absolute Gasteiger partial charge is 0.230 e. The van der Waals surface area contributed by atoms with Crippen LogP contribution in [0.5, 0.6) is 0 Å². The van der Waals surface area contributed by atoms with E-state index in [1.807, 2.05) is 37.3 Å². The molecule has 5 nitrogen and oxygen atoms in total. The monoisotopic (exact) mass is 308 g/mol. The van der Waals surface area contributed by atoms with E-state index >= 15 is 0 Å². The number of carbonyl (C=O) groups excluding carboxylic acids is 1. The van der Waals surface area contributed by atoms with E-state index in [0.29, 0.717) is 5.75 Å². The van der Waals surface area contributed by atoms with Crippen LogP contribution in [-0.4, -0.2) is 28.9 Å². The van der Waals surface area contributed by atoms with Crippen molar-refractivity contribution in [2.24, 2.45) is 0 Å². The second-order valence-electron chi connectivity index (χ2n) is 4.11. The van der Waals surface area contributed by atoms with Gasteiger partial charge < -0.3 is 10.6 Å². The summed E-state index contributed by atoms with van der Waals surface area (Å²) in [5, 5.41) is 14.6. The third-order valence-electron chi connectivity index (χ3n) is 2.62. The Morgan fingerprint density at radius 3 is 2.75 bits per heavy atom. The molecule has 1 heterocycles. The van der Waals surface area contributed by atoms with Crippen LogP contribution < -0.4 is 10.6 Å². The van der Waals surface area contributed by atoms with E-state index in [1.54, 1.807) is 7.05 Å². The average molecular weight is 308 g/mol. The number of benzene rings is 1. The molecule has 0 fully saturated rings. The van der Waals surface area contributed by atoms with E-state index in [1.165, 1.54) is 23.1 Å². The topological polar surface area (TPSA) is 66.9 Å². The molecule has 0 aliphatic heterocycles. The predicted molar refractivity (Wildman–Crippen MR) is 83.2 cm³/mol. The van der Waals surface area contributed by atoms with Crippen LogP contribution in [0.3, 0.4) is 0 Å². The van der Waals surface area contributed by atoms with Crippen LogP contribution >= 0.6 is 23.1 Å². The van der Waals surface area contributed by atoms with Crippen molar-refractivity contribution in [3.63, 3.8) is 0 Å². The molecule has 0 bridgehead atoms. The number of thioether (sulfide) groups is 1. The molecule has 2 N–H and O–H groups in total. The molecule has 0 aliphatic rings. The fourth-order valence-corrected chi connectivity index (χ4v) is 3.12. The number of anilines is 1. The molecule has 0 spiro atoms.